The summed E-state index contributed by atoms with van der Waals surface area (Å²) in [4.78, 5) is 38.8. The third kappa shape index (κ3) is 2.86. The fourth-order valence-electron chi connectivity index (χ4n) is 4.71. The lowest BCUT2D eigenvalue weighted by Gasteiger charge is -2.41. The van der Waals surface area contributed by atoms with Gasteiger partial charge in [0.05, 0.1) is 23.0 Å². The summed E-state index contributed by atoms with van der Waals surface area (Å²) in [6, 6.07) is 14.0. The van der Waals surface area contributed by atoms with Crippen molar-refractivity contribution in [1.82, 2.24) is 25.2 Å². The topological polar surface area (TPSA) is 91.0 Å². The molecule has 1 atom stereocenters. The molecule has 2 N–H and O–H groups in total. The molecule has 1 unspecified atom stereocenters. The van der Waals surface area contributed by atoms with Gasteiger partial charge in [0.2, 0.25) is 5.91 Å². The van der Waals surface area contributed by atoms with Crippen LogP contribution in [-0.4, -0.2) is 44.4 Å². The molecule has 1 fully saturated rings. The lowest BCUT2D eigenvalue weighted by atomic mass is 9.88. The van der Waals surface area contributed by atoms with E-state index in [1.165, 1.54) is 0 Å². The number of aromatic amines is 1. The van der Waals surface area contributed by atoms with Crippen molar-refractivity contribution < 1.29 is 9.59 Å². The number of H-pyrrole nitrogens is 1. The van der Waals surface area contributed by atoms with E-state index in [0.717, 1.165) is 44.2 Å². The molecule has 8 heteroatoms. The Morgan fingerprint density at radius 2 is 1.81 bits per heavy atom. The Morgan fingerprint density at radius 3 is 2.61 bits per heavy atom. The van der Waals surface area contributed by atoms with Gasteiger partial charge in [-0.15, -0.1) is 11.3 Å². The number of hydrogen-bond acceptors (Lipinski definition) is 5. The quantitative estimate of drug-likeness (QED) is 0.508. The summed E-state index contributed by atoms with van der Waals surface area (Å²) in [5.41, 5.74) is 5.54. The first-order valence-electron chi connectivity index (χ1n) is 10.1. The Kier molecular flexibility index (Phi) is 3.82. The Balaban J connectivity index is 1.34. The van der Waals surface area contributed by atoms with Crippen molar-refractivity contribution in [2.75, 3.05) is 7.05 Å². The molecule has 7 nitrogen and oxygen atoms in total. The van der Waals surface area contributed by atoms with Gasteiger partial charge in [0.15, 0.2) is 5.82 Å². The van der Waals surface area contributed by atoms with Gasteiger partial charge < -0.3 is 9.88 Å². The average molecular weight is 430 g/mol. The van der Waals surface area contributed by atoms with Gasteiger partial charge in [-0.05, 0) is 36.1 Å². The first-order valence-corrected chi connectivity index (χ1v) is 11.0. The minimum atomic E-state index is -0.483. The molecule has 1 aliphatic heterocycles. The predicted octanol–water partition coefficient (Wildman–Crippen LogP) is 3.76. The SMILES string of the molecule is CN1C(=O)NC(=O)CC12Cc1cc3nc(-c4csc(-c5ccccc5)n4)[nH]c3cc1C2. The van der Waals surface area contributed by atoms with Gasteiger partial charge in [0.1, 0.15) is 10.7 Å². The number of amides is 3. The van der Waals surface area contributed by atoms with E-state index in [1.807, 2.05) is 23.6 Å². The summed E-state index contributed by atoms with van der Waals surface area (Å²) in [6.45, 7) is 0. The van der Waals surface area contributed by atoms with Gasteiger partial charge in [0, 0.05) is 18.0 Å². The van der Waals surface area contributed by atoms with Gasteiger partial charge in [0.25, 0.3) is 0 Å². The molecule has 3 amide bonds. The molecule has 4 aromatic rings. The zero-order chi connectivity index (χ0) is 21.2. The van der Waals surface area contributed by atoms with Crippen molar-refractivity contribution in [2.45, 2.75) is 24.8 Å². The maximum absolute atomic E-state index is 12.2. The van der Waals surface area contributed by atoms with E-state index in [1.54, 1.807) is 23.3 Å². The maximum Gasteiger partial charge on any atom is 0.324 e. The lowest BCUT2D eigenvalue weighted by molar-refractivity contribution is -0.124. The minimum Gasteiger partial charge on any atom is -0.337 e. The minimum absolute atomic E-state index is 0.209. The number of urea groups is 1. The van der Waals surface area contributed by atoms with E-state index in [2.05, 4.69) is 34.6 Å². The predicted molar refractivity (Wildman–Crippen MR) is 119 cm³/mol. The van der Waals surface area contributed by atoms with Crippen LogP contribution in [0.3, 0.4) is 0 Å². The standard InChI is InChI=1S/C23H19N5O2S/c1-28-22(30)27-19(29)11-23(28)9-14-7-16-17(8-15(14)10-23)25-20(24-16)18-12-31-21(26-18)13-5-3-2-4-6-13/h2-8,12H,9-11H2,1H3,(H,24,25)(H,27,29,30). The highest BCUT2D eigenvalue weighted by atomic mass is 32.1. The second-order valence-electron chi connectivity index (χ2n) is 8.29. The third-order valence-electron chi connectivity index (χ3n) is 6.36. The number of aromatic nitrogens is 3. The summed E-state index contributed by atoms with van der Waals surface area (Å²) in [7, 11) is 1.77. The van der Waals surface area contributed by atoms with Gasteiger partial charge in [-0.3, -0.25) is 10.1 Å². The van der Waals surface area contributed by atoms with E-state index in [-0.39, 0.29) is 11.9 Å². The van der Waals surface area contributed by atoms with Crippen LogP contribution in [0, 0.1) is 0 Å². The highest BCUT2D eigenvalue weighted by Crippen LogP contribution is 2.40. The van der Waals surface area contributed by atoms with Crippen LogP contribution in [0.5, 0.6) is 0 Å². The maximum atomic E-state index is 12.2. The van der Waals surface area contributed by atoms with E-state index >= 15 is 0 Å². The van der Waals surface area contributed by atoms with Crippen molar-refractivity contribution in [3.05, 3.63) is 59.0 Å². The third-order valence-corrected chi connectivity index (χ3v) is 7.25. The molecule has 1 aliphatic carbocycles. The van der Waals surface area contributed by atoms with E-state index in [4.69, 9.17) is 9.97 Å². The van der Waals surface area contributed by atoms with Gasteiger partial charge in [-0.2, -0.15) is 0 Å². The molecule has 0 saturated carbocycles. The molecule has 2 aromatic heterocycles. The van der Waals surface area contributed by atoms with E-state index in [9.17, 15) is 9.59 Å². The number of carbonyl (C=O) groups is 2. The number of fused-ring (bicyclic) bond motifs is 2. The Morgan fingerprint density at radius 1 is 1.03 bits per heavy atom. The normalized spacial score (nSPS) is 17.4. The zero-order valence-electron chi connectivity index (χ0n) is 16.8. The number of nitrogens with one attached hydrogen (secondary N) is 2. The van der Waals surface area contributed by atoms with Crippen LogP contribution in [-0.2, 0) is 17.6 Å². The number of imidazole rings is 1. The first-order chi connectivity index (χ1) is 15.0. The second kappa shape index (κ2) is 6.49. The van der Waals surface area contributed by atoms with Crippen molar-refractivity contribution in [2.24, 2.45) is 0 Å². The Bertz CT molecular complexity index is 1310. The molecule has 1 spiro atoms. The van der Waals surface area contributed by atoms with E-state index < -0.39 is 5.54 Å². The molecule has 2 aromatic carbocycles. The highest BCUT2D eigenvalue weighted by molar-refractivity contribution is 7.13. The monoisotopic (exact) mass is 429 g/mol. The van der Waals surface area contributed by atoms with Crippen LogP contribution in [0.15, 0.2) is 47.8 Å². The van der Waals surface area contributed by atoms with Gasteiger partial charge >= 0.3 is 6.03 Å². The molecule has 154 valence electrons. The van der Waals surface area contributed by atoms with Crippen LogP contribution in [0.4, 0.5) is 4.79 Å². The smallest absolute Gasteiger partial charge is 0.324 e. The van der Waals surface area contributed by atoms with Crippen molar-refractivity contribution in [3.8, 4) is 22.1 Å². The Labute approximate surface area is 182 Å². The summed E-state index contributed by atoms with van der Waals surface area (Å²) in [6.07, 6.45) is 1.64. The molecule has 1 saturated heterocycles. The number of hydrogen-bond donors (Lipinski definition) is 2. The van der Waals surface area contributed by atoms with Crippen LogP contribution in [0.25, 0.3) is 33.1 Å². The average Bonchev–Trinajstić information content (AvgIpc) is 3.47. The Hall–Kier alpha value is -3.52. The van der Waals surface area contributed by atoms with Gasteiger partial charge in [-0.1, -0.05) is 30.3 Å². The molecule has 6 rings (SSSR count). The molecule has 0 radical (unpaired) electrons. The summed E-state index contributed by atoms with van der Waals surface area (Å²) >= 11 is 1.60. The van der Waals surface area contributed by atoms with Crippen LogP contribution in [0.2, 0.25) is 0 Å². The van der Waals surface area contributed by atoms with Crippen LogP contribution < -0.4 is 5.32 Å². The second-order valence-corrected chi connectivity index (χ2v) is 9.15. The number of imide groups is 1. The molecule has 3 heterocycles. The van der Waals surface area contributed by atoms with Crippen LogP contribution >= 0.6 is 11.3 Å². The summed E-state index contributed by atoms with van der Waals surface area (Å²) in [5.74, 6) is 0.538. The zero-order valence-corrected chi connectivity index (χ0v) is 17.6. The largest absolute Gasteiger partial charge is 0.337 e. The van der Waals surface area contributed by atoms with Crippen molar-refractivity contribution >= 4 is 34.3 Å². The first kappa shape index (κ1) is 18.3. The van der Waals surface area contributed by atoms with Crippen LogP contribution in [0.1, 0.15) is 17.5 Å². The fourth-order valence-corrected chi connectivity index (χ4v) is 5.52. The number of thiazole rings is 1. The number of likely N-dealkylation sites (N-methyl/N-ethyl adjacent to an activating group) is 1. The number of carbonyl (C=O) groups excluding carboxylic acids is 2. The number of benzene rings is 2. The number of nitrogens with zero attached hydrogens (tertiary/aromatic N) is 3. The molecule has 0 bridgehead atoms. The van der Waals surface area contributed by atoms with E-state index in [0.29, 0.717) is 19.3 Å². The molecular weight excluding hydrogens is 410 g/mol. The van der Waals surface area contributed by atoms with Crippen molar-refractivity contribution in [1.29, 1.82) is 0 Å². The lowest BCUT2D eigenvalue weighted by Crippen LogP contribution is -2.61. The molecule has 31 heavy (non-hydrogen) atoms. The highest BCUT2D eigenvalue weighted by Gasteiger charge is 2.47. The molecular formula is C23H19N5O2S. The summed E-state index contributed by atoms with van der Waals surface area (Å²) < 4.78 is 0. The van der Waals surface area contributed by atoms with Gasteiger partial charge in [-0.25, -0.2) is 14.8 Å². The number of rotatable bonds is 2. The fraction of sp³-hybridized carbons (Fsp3) is 0.217. The molecule has 2 aliphatic rings. The van der Waals surface area contributed by atoms with Crippen molar-refractivity contribution in [3.63, 3.8) is 0 Å². The summed E-state index contributed by atoms with van der Waals surface area (Å²) in [5, 5.41) is 5.38.